The molecule has 0 radical (unpaired) electrons. The Morgan fingerprint density at radius 2 is 2.33 bits per heavy atom. The average Bonchev–Trinajstić information content (AvgIpc) is 2.93. The second-order valence-electron chi connectivity index (χ2n) is 5.96. The zero-order valence-corrected chi connectivity index (χ0v) is 13.2. The lowest BCUT2D eigenvalue weighted by atomic mass is 9.96. The highest BCUT2D eigenvalue weighted by molar-refractivity contribution is 5.76. The molecule has 6 heteroatoms. The highest BCUT2D eigenvalue weighted by atomic mass is 16.5. The second-order valence-corrected chi connectivity index (χ2v) is 5.96. The Hall–Kier alpha value is -1.43. The summed E-state index contributed by atoms with van der Waals surface area (Å²) in [5.74, 6) is 2.01. The van der Waals surface area contributed by atoms with Crippen LogP contribution in [0.15, 0.2) is 4.52 Å². The highest BCUT2D eigenvalue weighted by Crippen LogP contribution is 2.25. The molecule has 0 N–H and O–H groups in total. The number of hydrogen-bond donors (Lipinski definition) is 0. The first-order chi connectivity index (χ1) is 10.1. The first kappa shape index (κ1) is 15.9. The Morgan fingerprint density at radius 3 is 3.05 bits per heavy atom. The van der Waals surface area contributed by atoms with Crippen LogP contribution in [0.2, 0.25) is 0 Å². The van der Waals surface area contributed by atoms with E-state index >= 15 is 0 Å². The van der Waals surface area contributed by atoms with Gasteiger partial charge in [0.15, 0.2) is 5.82 Å². The van der Waals surface area contributed by atoms with E-state index in [-0.39, 0.29) is 11.8 Å². The van der Waals surface area contributed by atoms with Crippen molar-refractivity contribution >= 4 is 5.91 Å². The molecule has 0 aliphatic carbocycles. The van der Waals surface area contributed by atoms with Crippen LogP contribution in [-0.4, -0.2) is 40.6 Å². The summed E-state index contributed by atoms with van der Waals surface area (Å²) in [7, 11) is 0. The van der Waals surface area contributed by atoms with Gasteiger partial charge in [0.2, 0.25) is 5.91 Å². The number of amides is 1. The molecule has 1 amide bonds. The van der Waals surface area contributed by atoms with Crippen LogP contribution in [-0.2, 0) is 16.1 Å². The summed E-state index contributed by atoms with van der Waals surface area (Å²) >= 11 is 0. The van der Waals surface area contributed by atoms with Crippen LogP contribution in [0, 0.1) is 5.92 Å². The molecule has 1 fully saturated rings. The Labute approximate surface area is 125 Å². The summed E-state index contributed by atoms with van der Waals surface area (Å²) in [6.07, 6.45) is 2.59. The van der Waals surface area contributed by atoms with Crippen molar-refractivity contribution in [3.05, 3.63) is 11.7 Å². The van der Waals surface area contributed by atoms with Gasteiger partial charge >= 0.3 is 0 Å². The largest absolute Gasteiger partial charge is 0.372 e. The normalized spacial score (nSPS) is 19.2. The number of ether oxygens (including phenoxy) is 1. The maximum atomic E-state index is 12.2. The number of nitrogens with zero attached hydrogens (tertiary/aromatic N) is 3. The van der Waals surface area contributed by atoms with Crippen LogP contribution >= 0.6 is 0 Å². The first-order valence-corrected chi connectivity index (χ1v) is 7.78. The van der Waals surface area contributed by atoms with E-state index in [9.17, 15) is 4.79 Å². The zero-order chi connectivity index (χ0) is 15.2. The summed E-state index contributed by atoms with van der Waals surface area (Å²) in [4.78, 5) is 18.5. The van der Waals surface area contributed by atoms with Crippen molar-refractivity contribution in [1.82, 2.24) is 15.0 Å². The number of rotatable bonds is 6. The van der Waals surface area contributed by atoms with Crippen molar-refractivity contribution < 1.29 is 14.1 Å². The molecule has 21 heavy (non-hydrogen) atoms. The molecule has 2 heterocycles. The van der Waals surface area contributed by atoms with Crippen molar-refractivity contribution in [3.63, 3.8) is 0 Å². The van der Waals surface area contributed by atoms with Crippen molar-refractivity contribution in [3.8, 4) is 0 Å². The standard InChI is InChI=1S/C15H25N3O3/c1-4-20-10-13-16-15(17-21-13)12-6-5-7-18(9-12)14(19)8-11(2)3/h11-12H,4-10H2,1-3H3. The van der Waals surface area contributed by atoms with E-state index in [4.69, 9.17) is 9.26 Å². The second kappa shape index (κ2) is 7.54. The fourth-order valence-corrected chi connectivity index (χ4v) is 2.57. The van der Waals surface area contributed by atoms with E-state index in [2.05, 4.69) is 24.0 Å². The van der Waals surface area contributed by atoms with E-state index in [0.29, 0.717) is 43.8 Å². The van der Waals surface area contributed by atoms with Crippen LogP contribution in [0.5, 0.6) is 0 Å². The minimum Gasteiger partial charge on any atom is -0.372 e. The monoisotopic (exact) mass is 295 g/mol. The molecule has 1 aliphatic heterocycles. The molecule has 1 unspecified atom stereocenters. The lowest BCUT2D eigenvalue weighted by molar-refractivity contribution is -0.133. The number of likely N-dealkylation sites (tertiary alicyclic amines) is 1. The number of aromatic nitrogens is 2. The molecule has 6 nitrogen and oxygen atoms in total. The van der Waals surface area contributed by atoms with Gasteiger partial charge in [-0.15, -0.1) is 0 Å². The van der Waals surface area contributed by atoms with E-state index < -0.39 is 0 Å². The Morgan fingerprint density at radius 1 is 1.52 bits per heavy atom. The molecule has 0 bridgehead atoms. The maximum absolute atomic E-state index is 12.2. The smallest absolute Gasteiger partial charge is 0.252 e. The molecule has 2 rings (SSSR count). The van der Waals surface area contributed by atoms with Crippen LogP contribution in [0.4, 0.5) is 0 Å². The van der Waals surface area contributed by atoms with Crippen LogP contribution < -0.4 is 0 Å². The topological polar surface area (TPSA) is 68.5 Å². The molecule has 118 valence electrons. The number of carbonyl (C=O) groups is 1. The lowest BCUT2D eigenvalue weighted by Crippen LogP contribution is -2.39. The lowest BCUT2D eigenvalue weighted by Gasteiger charge is -2.31. The van der Waals surface area contributed by atoms with Crippen molar-refractivity contribution in [2.45, 2.75) is 52.6 Å². The van der Waals surface area contributed by atoms with E-state index in [0.717, 1.165) is 19.4 Å². The minimum atomic E-state index is 0.175. The molecule has 0 spiro atoms. The SMILES string of the molecule is CCOCc1nc(C2CCCN(C(=O)CC(C)C)C2)no1. The van der Waals surface area contributed by atoms with Gasteiger partial charge in [0.05, 0.1) is 0 Å². The molecule has 1 aromatic heterocycles. The third-order valence-electron chi connectivity index (χ3n) is 3.64. The molecule has 1 atom stereocenters. The summed E-state index contributed by atoms with van der Waals surface area (Å²) < 4.78 is 10.5. The maximum Gasteiger partial charge on any atom is 0.252 e. The van der Waals surface area contributed by atoms with E-state index in [1.165, 1.54) is 0 Å². The van der Waals surface area contributed by atoms with Gasteiger partial charge in [0, 0.05) is 32.0 Å². The van der Waals surface area contributed by atoms with Gasteiger partial charge in [-0.2, -0.15) is 4.98 Å². The van der Waals surface area contributed by atoms with Crippen LogP contribution in [0.3, 0.4) is 0 Å². The average molecular weight is 295 g/mol. The number of piperidine rings is 1. The third kappa shape index (κ3) is 4.52. The Balaban J connectivity index is 1.94. The fourth-order valence-electron chi connectivity index (χ4n) is 2.57. The number of hydrogen-bond acceptors (Lipinski definition) is 5. The highest BCUT2D eigenvalue weighted by Gasteiger charge is 2.28. The Bertz CT molecular complexity index is 459. The van der Waals surface area contributed by atoms with E-state index in [1.54, 1.807) is 0 Å². The summed E-state index contributed by atoms with van der Waals surface area (Å²) in [6, 6.07) is 0. The summed E-state index contributed by atoms with van der Waals surface area (Å²) in [6.45, 7) is 8.57. The van der Waals surface area contributed by atoms with Gasteiger partial charge < -0.3 is 14.2 Å². The van der Waals surface area contributed by atoms with Gasteiger partial charge in [-0.05, 0) is 25.7 Å². The van der Waals surface area contributed by atoms with Gasteiger partial charge in [0.1, 0.15) is 6.61 Å². The third-order valence-corrected chi connectivity index (χ3v) is 3.64. The molecule has 1 aromatic rings. The fraction of sp³-hybridized carbons (Fsp3) is 0.800. The molecule has 0 saturated carbocycles. The first-order valence-electron chi connectivity index (χ1n) is 7.78. The molecule has 1 saturated heterocycles. The van der Waals surface area contributed by atoms with Gasteiger partial charge in [-0.25, -0.2) is 0 Å². The van der Waals surface area contributed by atoms with Gasteiger partial charge in [-0.3, -0.25) is 4.79 Å². The minimum absolute atomic E-state index is 0.175. The number of carbonyl (C=O) groups excluding carboxylic acids is 1. The van der Waals surface area contributed by atoms with Crippen LogP contribution in [0.1, 0.15) is 57.7 Å². The predicted molar refractivity (Wildman–Crippen MR) is 77.6 cm³/mol. The molecular weight excluding hydrogens is 270 g/mol. The van der Waals surface area contributed by atoms with Crippen LogP contribution in [0.25, 0.3) is 0 Å². The van der Waals surface area contributed by atoms with Gasteiger partial charge in [0.25, 0.3) is 5.89 Å². The summed E-state index contributed by atoms with van der Waals surface area (Å²) in [5.41, 5.74) is 0. The Kier molecular flexibility index (Phi) is 5.73. The van der Waals surface area contributed by atoms with Gasteiger partial charge in [-0.1, -0.05) is 19.0 Å². The quantitative estimate of drug-likeness (QED) is 0.806. The van der Waals surface area contributed by atoms with Crippen molar-refractivity contribution in [2.24, 2.45) is 5.92 Å². The molecular formula is C15H25N3O3. The molecule has 0 aromatic carbocycles. The van der Waals surface area contributed by atoms with Crippen molar-refractivity contribution in [1.29, 1.82) is 0 Å². The van der Waals surface area contributed by atoms with E-state index in [1.807, 2.05) is 11.8 Å². The predicted octanol–water partition coefficient (Wildman–Crippen LogP) is 2.36. The summed E-state index contributed by atoms with van der Waals surface area (Å²) in [5, 5.41) is 4.04. The zero-order valence-electron chi connectivity index (χ0n) is 13.2. The van der Waals surface area contributed by atoms with Crippen molar-refractivity contribution in [2.75, 3.05) is 19.7 Å². The molecule has 1 aliphatic rings.